The van der Waals surface area contributed by atoms with Crippen LogP contribution < -0.4 is 27.6 Å². The van der Waals surface area contributed by atoms with Crippen LogP contribution >= 0.6 is 0 Å². The van der Waals surface area contributed by atoms with E-state index >= 15 is 0 Å². The van der Waals surface area contributed by atoms with Crippen LogP contribution in [0.25, 0.3) is 34.5 Å². The Balaban J connectivity index is 1.11. The van der Waals surface area contributed by atoms with Crippen LogP contribution in [0.5, 0.6) is 0 Å². The summed E-state index contributed by atoms with van der Waals surface area (Å²) in [5, 5.41) is 6.07. The third kappa shape index (κ3) is 6.01. The molecule has 1 saturated heterocycles. The second-order valence-electron chi connectivity index (χ2n) is 11.3. The van der Waals surface area contributed by atoms with Gasteiger partial charge in [-0.2, -0.15) is 9.97 Å². The van der Waals surface area contributed by atoms with Crippen LogP contribution in [0.2, 0.25) is 0 Å². The average Bonchev–Trinajstić information content (AvgIpc) is 3.79. The largest absolute Gasteiger partial charge is 0.382 e. The first-order valence-electron chi connectivity index (χ1n) is 15.9. The molecule has 6 rings (SSSR count). The molecule has 1 amide bonds. The minimum absolute atomic E-state index is 0.116. The number of fused-ring (bicyclic) bond motifs is 2. The molecule has 1 aliphatic heterocycles. The van der Waals surface area contributed by atoms with Crippen molar-refractivity contribution < 1.29 is 9.53 Å². The van der Waals surface area contributed by atoms with Crippen LogP contribution in [-0.2, 0) is 36.1 Å². The summed E-state index contributed by atoms with van der Waals surface area (Å²) in [6.07, 6.45) is 6.51. The van der Waals surface area contributed by atoms with E-state index in [-0.39, 0.29) is 29.2 Å². The van der Waals surface area contributed by atoms with Crippen molar-refractivity contribution in [2.24, 2.45) is 7.05 Å². The third-order valence-electron chi connectivity index (χ3n) is 8.41. The van der Waals surface area contributed by atoms with Gasteiger partial charge >= 0.3 is 5.69 Å². The topological polar surface area (TPSA) is 182 Å². The van der Waals surface area contributed by atoms with Crippen molar-refractivity contribution in [1.82, 2.24) is 43.5 Å². The summed E-state index contributed by atoms with van der Waals surface area (Å²) in [6, 6.07) is 8.10. The molecule has 5 heterocycles. The van der Waals surface area contributed by atoms with Crippen molar-refractivity contribution in [3.8, 4) is 0 Å². The maximum absolute atomic E-state index is 13.0. The summed E-state index contributed by atoms with van der Waals surface area (Å²) in [5.41, 5.74) is 9.43. The van der Waals surface area contributed by atoms with E-state index < -0.39 is 6.10 Å². The Labute approximate surface area is 270 Å². The monoisotopic (exact) mass is 641 g/mol. The molecule has 0 bridgehead atoms. The van der Waals surface area contributed by atoms with E-state index in [1.54, 1.807) is 29.4 Å². The Kier molecular flexibility index (Phi) is 8.89. The van der Waals surface area contributed by atoms with E-state index in [0.717, 1.165) is 11.1 Å². The second-order valence-corrected chi connectivity index (χ2v) is 11.3. The van der Waals surface area contributed by atoms with E-state index in [4.69, 9.17) is 10.5 Å². The molecular weight excluding hydrogens is 602 g/mol. The number of likely N-dealkylation sites (N-methyl/N-ethyl adjacent to an activating group) is 1. The van der Waals surface area contributed by atoms with Crippen molar-refractivity contribution in [1.29, 1.82) is 0 Å². The van der Waals surface area contributed by atoms with Gasteiger partial charge in [-0.1, -0.05) is 30.3 Å². The number of aromatic nitrogens is 8. The van der Waals surface area contributed by atoms with Crippen LogP contribution in [0.3, 0.4) is 0 Å². The standard InChI is InChI=1S/C32H39N11O4/c1-5-34-29(44)21-13-15-23(47-21)43-18-36-24-26(33)38-31(39-27(24)43)35-17-16-20-10-8-19(9-11-20)12-14-22-37-28-25(40(22)4)30(45)42(7-3)32(46)41(28)6-2/h8-12,14,18,21,23H,5-7,13,15-17H2,1-4H3,(H,34,44)(H3,33,35,38,39)/b14-12+/t21-,23+/m0/s1. The molecule has 15 heteroatoms. The number of hydrogen-bond acceptors (Lipinski definition) is 10. The number of imidazole rings is 2. The fourth-order valence-electron chi connectivity index (χ4n) is 5.91. The van der Waals surface area contributed by atoms with Crippen LogP contribution in [0.4, 0.5) is 11.8 Å². The van der Waals surface area contributed by atoms with Crippen molar-refractivity contribution in [3.05, 3.63) is 68.4 Å². The SMILES string of the molecule is CCNC(=O)[C@@H]1CC[C@H](n2cnc3c(N)nc(NCCc4ccc(/C=C/c5nc6c(c(=O)n(CC)c(=O)n6CC)n5C)cc4)nc32)O1. The Hall–Kier alpha value is -5.31. The van der Waals surface area contributed by atoms with Gasteiger partial charge in [0.25, 0.3) is 5.56 Å². The number of anilines is 2. The number of nitrogens with two attached hydrogens (primary N) is 1. The number of carbonyl (C=O) groups excluding carboxylic acids is 1. The Morgan fingerprint density at radius 3 is 2.51 bits per heavy atom. The summed E-state index contributed by atoms with van der Waals surface area (Å²) in [4.78, 5) is 56.0. The number of aryl methyl sites for hydroxylation is 2. The van der Waals surface area contributed by atoms with E-state index in [1.165, 1.54) is 9.13 Å². The first-order chi connectivity index (χ1) is 22.7. The van der Waals surface area contributed by atoms with Crippen LogP contribution in [-0.4, -0.2) is 63.3 Å². The lowest BCUT2D eigenvalue weighted by Crippen LogP contribution is -2.39. The van der Waals surface area contributed by atoms with Crippen LogP contribution in [0.15, 0.2) is 40.2 Å². The number of nitrogen functional groups attached to an aromatic ring is 1. The van der Waals surface area contributed by atoms with Gasteiger partial charge in [0.2, 0.25) is 11.9 Å². The molecule has 0 spiro atoms. The number of benzene rings is 1. The fourth-order valence-corrected chi connectivity index (χ4v) is 5.91. The van der Waals surface area contributed by atoms with Crippen molar-refractivity contribution in [3.63, 3.8) is 0 Å². The first-order valence-corrected chi connectivity index (χ1v) is 15.9. The number of nitrogens with one attached hydrogen (secondary N) is 2. The molecule has 246 valence electrons. The summed E-state index contributed by atoms with van der Waals surface area (Å²) in [5.74, 6) is 1.12. The molecule has 4 aromatic heterocycles. The maximum Gasteiger partial charge on any atom is 0.332 e. The molecule has 1 aromatic carbocycles. The van der Waals surface area contributed by atoms with Gasteiger partial charge in [0, 0.05) is 33.2 Å². The fraction of sp³-hybridized carbons (Fsp3) is 0.406. The maximum atomic E-state index is 13.0. The zero-order valence-electron chi connectivity index (χ0n) is 26.9. The number of nitrogens with zero attached hydrogens (tertiary/aromatic N) is 8. The lowest BCUT2D eigenvalue weighted by atomic mass is 10.1. The Morgan fingerprint density at radius 2 is 1.79 bits per heavy atom. The highest BCUT2D eigenvalue weighted by Gasteiger charge is 2.32. The van der Waals surface area contributed by atoms with Gasteiger partial charge in [0.1, 0.15) is 23.7 Å². The van der Waals surface area contributed by atoms with Gasteiger partial charge < -0.3 is 25.7 Å². The number of hydrogen-bond donors (Lipinski definition) is 3. The Morgan fingerprint density at radius 1 is 1.02 bits per heavy atom. The molecule has 0 aliphatic carbocycles. The lowest BCUT2D eigenvalue weighted by Gasteiger charge is -2.15. The van der Waals surface area contributed by atoms with E-state index in [9.17, 15) is 14.4 Å². The highest BCUT2D eigenvalue weighted by Crippen LogP contribution is 2.31. The van der Waals surface area contributed by atoms with Crippen molar-refractivity contribution in [2.75, 3.05) is 24.1 Å². The zero-order valence-corrected chi connectivity index (χ0v) is 26.9. The molecule has 1 fully saturated rings. The molecule has 2 atom stereocenters. The van der Waals surface area contributed by atoms with Crippen molar-refractivity contribution in [2.45, 2.75) is 65.5 Å². The first kappa shape index (κ1) is 31.7. The summed E-state index contributed by atoms with van der Waals surface area (Å²) in [6.45, 7) is 7.36. The summed E-state index contributed by atoms with van der Waals surface area (Å²) < 4.78 is 12.3. The van der Waals surface area contributed by atoms with Crippen molar-refractivity contribution >= 4 is 52.2 Å². The van der Waals surface area contributed by atoms with Gasteiger partial charge in [0.05, 0.1) is 6.33 Å². The highest BCUT2D eigenvalue weighted by atomic mass is 16.5. The summed E-state index contributed by atoms with van der Waals surface area (Å²) >= 11 is 0. The minimum Gasteiger partial charge on any atom is -0.382 e. The van der Waals surface area contributed by atoms with E-state index in [2.05, 4.69) is 30.6 Å². The van der Waals surface area contributed by atoms with Gasteiger partial charge in [-0.05, 0) is 57.2 Å². The van der Waals surface area contributed by atoms with E-state index in [1.807, 2.05) is 50.3 Å². The van der Waals surface area contributed by atoms with Gasteiger partial charge in [-0.3, -0.25) is 23.3 Å². The highest BCUT2D eigenvalue weighted by molar-refractivity contribution is 5.83. The second kappa shape index (κ2) is 13.2. The molecule has 0 unspecified atom stereocenters. The molecule has 0 saturated carbocycles. The number of ether oxygens (including phenoxy) is 1. The van der Waals surface area contributed by atoms with E-state index in [0.29, 0.717) is 79.5 Å². The predicted molar refractivity (Wildman–Crippen MR) is 180 cm³/mol. The molecule has 1 aliphatic rings. The normalized spacial score (nSPS) is 16.5. The molecule has 5 aromatic rings. The number of rotatable bonds is 11. The van der Waals surface area contributed by atoms with Crippen LogP contribution in [0.1, 0.15) is 56.8 Å². The lowest BCUT2D eigenvalue weighted by molar-refractivity contribution is -0.133. The van der Waals surface area contributed by atoms with Gasteiger partial charge in [-0.25, -0.2) is 14.8 Å². The third-order valence-corrected chi connectivity index (χ3v) is 8.41. The quantitative estimate of drug-likeness (QED) is 0.194. The number of carbonyl (C=O) groups is 1. The predicted octanol–water partition coefficient (Wildman–Crippen LogP) is 2.30. The molecule has 47 heavy (non-hydrogen) atoms. The molecule has 0 radical (unpaired) electrons. The molecule has 15 nitrogen and oxygen atoms in total. The number of amides is 1. The molecule has 4 N–H and O–H groups in total. The molecular formula is C32H39N11O4. The minimum atomic E-state index is -0.507. The average molecular weight is 642 g/mol. The smallest absolute Gasteiger partial charge is 0.332 e. The zero-order chi connectivity index (χ0) is 33.2. The summed E-state index contributed by atoms with van der Waals surface area (Å²) in [7, 11) is 1.78. The van der Waals surface area contributed by atoms with Gasteiger partial charge in [-0.15, -0.1) is 0 Å². The van der Waals surface area contributed by atoms with Crippen LogP contribution in [0, 0.1) is 0 Å². The van der Waals surface area contributed by atoms with Gasteiger partial charge in [0.15, 0.2) is 22.6 Å². The Bertz CT molecular complexity index is 2090.